The Labute approximate surface area is 131 Å². The third-order valence-electron chi connectivity index (χ3n) is 4.47. The summed E-state index contributed by atoms with van der Waals surface area (Å²) in [5, 5.41) is 13.2. The first kappa shape index (κ1) is 15.2. The number of rotatable bonds is 5. The van der Waals surface area contributed by atoms with Crippen LogP contribution < -0.4 is 0 Å². The summed E-state index contributed by atoms with van der Waals surface area (Å²) in [6.45, 7) is 4.42. The van der Waals surface area contributed by atoms with Gasteiger partial charge in [-0.25, -0.2) is 0 Å². The topological polar surface area (TPSA) is 62.4 Å². The molecule has 0 unspecified atom stereocenters. The molecule has 0 bridgehead atoms. The van der Waals surface area contributed by atoms with Gasteiger partial charge in [0.2, 0.25) is 11.7 Å². The molecule has 2 atom stereocenters. The van der Waals surface area contributed by atoms with E-state index in [2.05, 4.69) is 22.0 Å². The highest BCUT2D eigenvalue weighted by Gasteiger charge is 2.27. The highest BCUT2D eigenvalue weighted by molar-refractivity contribution is 5.53. The fourth-order valence-electron chi connectivity index (χ4n) is 3.13. The minimum absolute atomic E-state index is 0.117. The van der Waals surface area contributed by atoms with Crippen molar-refractivity contribution in [2.24, 2.45) is 5.92 Å². The fourth-order valence-corrected chi connectivity index (χ4v) is 3.13. The van der Waals surface area contributed by atoms with Gasteiger partial charge in [-0.15, -0.1) is 0 Å². The van der Waals surface area contributed by atoms with Crippen LogP contribution in [0.15, 0.2) is 34.9 Å². The van der Waals surface area contributed by atoms with Crippen molar-refractivity contribution in [3.05, 3.63) is 36.2 Å². The highest BCUT2D eigenvalue weighted by Crippen LogP contribution is 2.28. The first-order valence-electron chi connectivity index (χ1n) is 8.02. The molecule has 1 N–H and O–H groups in total. The second-order valence-corrected chi connectivity index (χ2v) is 6.01. The zero-order valence-corrected chi connectivity index (χ0v) is 13.0. The molecule has 0 aliphatic carbocycles. The van der Waals surface area contributed by atoms with Crippen molar-refractivity contribution in [3.63, 3.8) is 0 Å². The van der Waals surface area contributed by atoms with Crippen molar-refractivity contribution < 1.29 is 9.63 Å². The molecule has 5 nitrogen and oxygen atoms in total. The maximum absolute atomic E-state index is 9.13. The quantitative estimate of drug-likeness (QED) is 0.920. The monoisotopic (exact) mass is 301 g/mol. The molecule has 1 aromatic carbocycles. The maximum atomic E-state index is 9.13. The molecule has 1 saturated heterocycles. The number of aromatic nitrogens is 2. The summed E-state index contributed by atoms with van der Waals surface area (Å²) < 4.78 is 5.48. The second kappa shape index (κ2) is 7.03. The summed E-state index contributed by atoms with van der Waals surface area (Å²) in [4.78, 5) is 6.94. The average Bonchev–Trinajstić information content (AvgIpc) is 3.05. The van der Waals surface area contributed by atoms with Crippen LogP contribution in [-0.4, -0.2) is 39.8 Å². The second-order valence-electron chi connectivity index (χ2n) is 6.01. The van der Waals surface area contributed by atoms with Crippen LogP contribution in [0.1, 0.15) is 38.1 Å². The van der Waals surface area contributed by atoms with Gasteiger partial charge < -0.3 is 9.63 Å². The van der Waals surface area contributed by atoms with E-state index >= 15 is 0 Å². The van der Waals surface area contributed by atoms with E-state index in [-0.39, 0.29) is 12.6 Å². The molecule has 118 valence electrons. The SMILES string of the molecule is C[C@H](c1nc(-c2ccccc2)no1)N1CCC[C@H](CCO)C1. The third kappa shape index (κ3) is 3.36. The highest BCUT2D eigenvalue weighted by atomic mass is 16.5. The number of hydrogen-bond acceptors (Lipinski definition) is 5. The largest absolute Gasteiger partial charge is 0.396 e. The molecular formula is C17H23N3O2. The molecular weight excluding hydrogens is 278 g/mol. The Hall–Kier alpha value is -1.72. The lowest BCUT2D eigenvalue weighted by Crippen LogP contribution is -2.37. The minimum atomic E-state index is 0.117. The van der Waals surface area contributed by atoms with Crippen LogP contribution in [0, 0.1) is 5.92 Å². The molecule has 0 amide bonds. The third-order valence-corrected chi connectivity index (χ3v) is 4.47. The van der Waals surface area contributed by atoms with E-state index in [1.807, 2.05) is 30.3 Å². The van der Waals surface area contributed by atoms with Crippen molar-refractivity contribution in [1.82, 2.24) is 15.0 Å². The number of likely N-dealkylation sites (tertiary alicyclic amines) is 1. The molecule has 2 aromatic rings. The van der Waals surface area contributed by atoms with E-state index in [1.165, 1.54) is 6.42 Å². The summed E-state index contributed by atoms with van der Waals surface area (Å²) in [7, 11) is 0. The molecule has 1 aliphatic rings. The fraction of sp³-hybridized carbons (Fsp3) is 0.529. The van der Waals surface area contributed by atoms with Crippen LogP contribution in [0.5, 0.6) is 0 Å². The van der Waals surface area contributed by atoms with E-state index in [1.54, 1.807) is 0 Å². The molecule has 5 heteroatoms. The van der Waals surface area contributed by atoms with Gasteiger partial charge in [-0.1, -0.05) is 35.5 Å². The Kier molecular flexibility index (Phi) is 4.85. The van der Waals surface area contributed by atoms with Crippen LogP contribution in [0.2, 0.25) is 0 Å². The van der Waals surface area contributed by atoms with Crippen molar-refractivity contribution in [2.75, 3.05) is 19.7 Å². The number of aliphatic hydroxyl groups excluding tert-OH is 1. The zero-order valence-electron chi connectivity index (χ0n) is 13.0. The number of piperidine rings is 1. The molecule has 3 rings (SSSR count). The lowest BCUT2D eigenvalue weighted by molar-refractivity contribution is 0.0982. The Morgan fingerprint density at radius 1 is 1.36 bits per heavy atom. The van der Waals surface area contributed by atoms with E-state index in [0.29, 0.717) is 17.6 Å². The van der Waals surface area contributed by atoms with Gasteiger partial charge in [-0.05, 0) is 38.6 Å². The van der Waals surface area contributed by atoms with Crippen molar-refractivity contribution >= 4 is 0 Å². The number of benzene rings is 1. The van der Waals surface area contributed by atoms with E-state index in [4.69, 9.17) is 9.63 Å². The smallest absolute Gasteiger partial charge is 0.244 e. The van der Waals surface area contributed by atoms with Crippen LogP contribution in [-0.2, 0) is 0 Å². The van der Waals surface area contributed by atoms with Gasteiger partial charge in [-0.3, -0.25) is 4.90 Å². The normalized spacial score (nSPS) is 20.9. The Morgan fingerprint density at radius 3 is 2.95 bits per heavy atom. The molecule has 1 aromatic heterocycles. The Morgan fingerprint density at radius 2 is 2.18 bits per heavy atom. The summed E-state index contributed by atoms with van der Waals surface area (Å²) in [5.74, 6) is 1.88. The standard InChI is InChI=1S/C17H23N3O2/c1-13(20-10-5-6-14(12-20)9-11-21)17-18-16(19-22-17)15-7-3-2-4-8-15/h2-4,7-8,13-14,21H,5-6,9-12H2,1H3/t13-,14-/m1/s1. The number of hydrogen-bond donors (Lipinski definition) is 1. The summed E-state index contributed by atoms with van der Waals surface area (Å²) >= 11 is 0. The zero-order chi connectivity index (χ0) is 15.4. The number of aliphatic hydroxyl groups is 1. The Bertz CT molecular complexity index is 583. The molecule has 0 saturated carbocycles. The van der Waals surface area contributed by atoms with Crippen molar-refractivity contribution in [2.45, 2.75) is 32.2 Å². The predicted molar refractivity (Wildman–Crippen MR) is 84.1 cm³/mol. The van der Waals surface area contributed by atoms with Crippen LogP contribution >= 0.6 is 0 Å². The molecule has 1 fully saturated rings. The molecule has 1 aliphatic heterocycles. The summed E-state index contributed by atoms with van der Waals surface area (Å²) in [5.41, 5.74) is 0.974. The van der Waals surface area contributed by atoms with Gasteiger partial charge in [0.25, 0.3) is 0 Å². The predicted octanol–water partition coefficient (Wildman–Crippen LogP) is 2.89. The lowest BCUT2D eigenvalue weighted by atomic mass is 9.94. The first-order valence-corrected chi connectivity index (χ1v) is 8.02. The van der Waals surface area contributed by atoms with Crippen LogP contribution in [0.4, 0.5) is 0 Å². The van der Waals surface area contributed by atoms with Crippen LogP contribution in [0.25, 0.3) is 11.4 Å². The van der Waals surface area contributed by atoms with Gasteiger partial charge in [0.05, 0.1) is 6.04 Å². The van der Waals surface area contributed by atoms with E-state index < -0.39 is 0 Å². The molecule has 2 heterocycles. The van der Waals surface area contributed by atoms with Crippen molar-refractivity contribution in [1.29, 1.82) is 0 Å². The molecule has 0 radical (unpaired) electrons. The number of nitrogens with zero attached hydrogens (tertiary/aromatic N) is 3. The lowest BCUT2D eigenvalue weighted by Gasteiger charge is -2.35. The Balaban J connectivity index is 1.70. The summed E-state index contributed by atoms with van der Waals surface area (Å²) in [6.07, 6.45) is 3.24. The van der Waals surface area contributed by atoms with Gasteiger partial charge >= 0.3 is 0 Å². The summed E-state index contributed by atoms with van der Waals surface area (Å²) in [6, 6.07) is 10.0. The van der Waals surface area contributed by atoms with Crippen molar-refractivity contribution in [3.8, 4) is 11.4 Å². The molecule has 22 heavy (non-hydrogen) atoms. The average molecular weight is 301 g/mol. The van der Waals surface area contributed by atoms with Gasteiger partial charge in [0, 0.05) is 18.7 Å². The maximum Gasteiger partial charge on any atom is 0.244 e. The van der Waals surface area contributed by atoms with Gasteiger partial charge in [0.1, 0.15) is 0 Å². The first-order chi connectivity index (χ1) is 10.8. The van der Waals surface area contributed by atoms with E-state index in [0.717, 1.165) is 31.5 Å². The molecule has 0 spiro atoms. The van der Waals surface area contributed by atoms with Gasteiger partial charge in [0.15, 0.2) is 0 Å². The minimum Gasteiger partial charge on any atom is -0.396 e. The van der Waals surface area contributed by atoms with Gasteiger partial charge in [-0.2, -0.15) is 4.98 Å². The van der Waals surface area contributed by atoms with E-state index in [9.17, 15) is 0 Å². The van der Waals surface area contributed by atoms with Crippen LogP contribution in [0.3, 0.4) is 0 Å².